The van der Waals surface area contributed by atoms with Gasteiger partial charge in [-0.3, -0.25) is 0 Å². The van der Waals surface area contributed by atoms with Gasteiger partial charge in [-0.05, 0) is 50.0 Å². The standard InChI is InChI=1S/C15H22N2S/c1-5-15(6-2,7-3)17-12-10-8-9-11(4)13(12)16-14(17)18/h8-10H,5-7H2,1-4H3,(H,16,18). The first-order chi connectivity index (χ1) is 8.59. The molecular formula is C15H22N2S. The quantitative estimate of drug-likeness (QED) is 0.775. The monoisotopic (exact) mass is 262 g/mol. The number of aromatic nitrogens is 2. The number of hydrogen-bond donors (Lipinski definition) is 1. The number of nitrogens with one attached hydrogen (secondary N) is 1. The van der Waals surface area contributed by atoms with Crippen LogP contribution in [0.4, 0.5) is 0 Å². The molecular weight excluding hydrogens is 240 g/mol. The lowest BCUT2D eigenvalue weighted by Crippen LogP contribution is -2.31. The molecule has 0 radical (unpaired) electrons. The second-order valence-corrected chi connectivity index (χ2v) is 5.41. The van der Waals surface area contributed by atoms with Gasteiger partial charge in [-0.15, -0.1) is 0 Å². The molecule has 0 saturated heterocycles. The molecule has 2 nitrogen and oxygen atoms in total. The van der Waals surface area contributed by atoms with E-state index in [1.807, 2.05) is 0 Å². The smallest absolute Gasteiger partial charge is 0.178 e. The largest absolute Gasteiger partial charge is 0.330 e. The molecule has 1 aromatic carbocycles. The van der Waals surface area contributed by atoms with Crippen molar-refractivity contribution >= 4 is 23.3 Å². The molecule has 0 aliphatic heterocycles. The van der Waals surface area contributed by atoms with Crippen molar-refractivity contribution in [2.75, 3.05) is 0 Å². The Kier molecular flexibility index (Phi) is 3.62. The van der Waals surface area contributed by atoms with Crippen molar-refractivity contribution in [2.24, 2.45) is 0 Å². The highest BCUT2D eigenvalue weighted by molar-refractivity contribution is 7.71. The Labute approximate surface area is 114 Å². The average Bonchev–Trinajstić information content (AvgIpc) is 2.72. The number of aryl methyl sites for hydroxylation is 1. The maximum Gasteiger partial charge on any atom is 0.178 e. The highest BCUT2D eigenvalue weighted by Crippen LogP contribution is 2.33. The van der Waals surface area contributed by atoms with E-state index in [4.69, 9.17) is 12.2 Å². The van der Waals surface area contributed by atoms with E-state index in [2.05, 4.69) is 55.4 Å². The first-order valence-corrected chi connectivity index (χ1v) is 7.21. The normalized spacial score (nSPS) is 12.2. The first kappa shape index (κ1) is 13.3. The third kappa shape index (κ3) is 1.81. The van der Waals surface area contributed by atoms with Gasteiger partial charge >= 0.3 is 0 Å². The number of para-hydroxylation sites is 1. The number of aromatic amines is 1. The lowest BCUT2D eigenvalue weighted by atomic mass is 9.89. The van der Waals surface area contributed by atoms with Gasteiger partial charge in [0.05, 0.1) is 11.0 Å². The number of H-pyrrole nitrogens is 1. The van der Waals surface area contributed by atoms with Crippen molar-refractivity contribution in [2.45, 2.75) is 52.5 Å². The first-order valence-electron chi connectivity index (χ1n) is 6.80. The van der Waals surface area contributed by atoms with Crippen LogP contribution in [-0.4, -0.2) is 9.55 Å². The molecule has 1 aromatic heterocycles. The van der Waals surface area contributed by atoms with Gasteiger partial charge < -0.3 is 9.55 Å². The minimum atomic E-state index is 0.142. The summed E-state index contributed by atoms with van der Waals surface area (Å²) in [5, 5.41) is 0. The fourth-order valence-corrected chi connectivity index (χ4v) is 3.36. The molecule has 0 aliphatic carbocycles. The zero-order valence-electron chi connectivity index (χ0n) is 11.7. The molecule has 0 fully saturated rings. The molecule has 0 unspecified atom stereocenters. The number of hydrogen-bond acceptors (Lipinski definition) is 1. The Bertz CT molecular complexity index is 594. The van der Waals surface area contributed by atoms with E-state index in [-0.39, 0.29) is 5.54 Å². The molecule has 1 N–H and O–H groups in total. The van der Waals surface area contributed by atoms with Crippen LogP contribution < -0.4 is 0 Å². The summed E-state index contributed by atoms with van der Waals surface area (Å²) in [6.07, 6.45) is 3.32. The third-order valence-corrected chi connectivity index (χ3v) is 4.66. The zero-order valence-corrected chi connectivity index (χ0v) is 12.5. The molecule has 98 valence electrons. The summed E-state index contributed by atoms with van der Waals surface area (Å²) < 4.78 is 3.19. The minimum absolute atomic E-state index is 0.142. The molecule has 0 amide bonds. The number of imidazole rings is 1. The number of rotatable bonds is 4. The topological polar surface area (TPSA) is 20.7 Å². The van der Waals surface area contributed by atoms with Crippen LogP contribution in [0.15, 0.2) is 18.2 Å². The number of benzene rings is 1. The summed E-state index contributed by atoms with van der Waals surface area (Å²) in [7, 11) is 0. The van der Waals surface area contributed by atoms with E-state index in [0.717, 1.165) is 24.0 Å². The minimum Gasteiger partial charge on any atom is -0.330 e. The van der Waals surface area contributed by atoms with Gasteiger partial charge in [0.2, 0.25) is 0 Å². The van der Waals surface area contributed by atoms with Crippen molar-refractivity contribution < 1.29 is 0 Å². The van der Waals surface area contributed by atoms with Crippen LogP contribution in [0.25, 0.3) is 11.0 Å². The zero-order chi connectivity index (χ0) is 13.3. The Morgan fingerprint density at radius 1 is 1.17 bits per heavy atom. The second kappa shape index (κ2) is 4.88. The lowest BCUT2D eigenvalue weighted by molar-refractivity contribution is 0.255. The fourth-order valence-electron chi connectivity index (χ4n) is 2.97. The van der Waals surface area contributed by atoms with E-state index >= 15 is 0 Å². The molecule has 3 heteroatoms. The van der Waals surface area contributed by atoms with E-state index < -0.39 is 0 Å². The van der Waals surface area contributed by atoms with Crippen LogP contribution >= 0.6 is 12.2 Å². The van der Waals surface area contributed by atoms with Crippen molar-refractivity contribution in [1.29, 1.82) is 0 Å². The summed E-state index contributed by atoms with van der Waals surface area (Å²) in [6, 6.07) is 6.41. The van der Waals surface area contributed by atoms with Crippen LogP contribution in [-0.2, 0) is 5.54 Å². The molecule has 18 heavy (non-hydrogen) atoms. The van der Waals surface area contributed by atoms with E-state index in [1.165, 1.54) is 16.6 Å². The number of fused-ring (bicyclic) bond motifs is 1. The molecule has 0 bridgehead atoms. The molecule has 0 atom stereocenters. The summed E-state index contributed by atoms with van der Waals surface area (Å²) in [5.41, 5.74) is 3.82. The van der Waals surface area contributed by atoms with Crippen molar-refractivity contribution in [3.63, 3.8) is 0 Å². The molecule has 2 rings (SSSR count). The van der Waals surface area contributed by atoms with Gasteiger partial charge in [0.1, 0.15) is 0 Å². The Morgan fingerprint density at radius 3 is 2.33 bits per heavy atom. The summed E-state index contributed by atoms with van der Waals surface area (Å²) in [5.74, 6) is 0. The highest BCUT2D eigenvalue weighted by atomic mass is 32.1. The van der Waals surface area contributed by atoms with Crippen molar-refractivity contribution in [1.82, 2.24) is 9.55 Å². The van der Waals surface area contributed by atoms with Crippen LogP contribution in [0.3, 0.4) is 0 Å². The predicted octanol–water partition coefficient (Wildman–Crippen LogP) is 4.93. The highest BCUT2D eigenvalue weighted by Gasteiger charge is 2.28. The van der Waals surface area contributed by atoms with E-state index in [9.17, 15) is 0 Å². The SMILES string of the molecule is CCC(CC)(CC)n1c(=S)[nH]c2c(C)cccc21. The van der Waals surface area contributed by atoms with Crippen molar-refractivity contribution in [3.05, 3.63) is 28.5 Å². The predicted molar refractivity (Wildman–Crippen MR) is 80.7 cm³/mol. The Hall–Kier alpha value is -1.09. The molecule has 0 spiro atoms. The second-order valence-electron chi connectivity index (χ2n) is 5.02. The maximum atomic E-state index is 5.57. The van der Waals surface area contributed by atoms with Crippen LogP contribution in [0.5, 0.6) is 0 Å². The van der Waals surface area contributed by atoms with Gasteiger partial charge in [0.15, 0.2) is 4.77 Å². The molecule has 1 heterocycles. The molecule has 0 aliphatic rings. The van der Waals surface area contributed by atoms with Crippen LogP contribution in [0, 0.1) is 11.7 Å². The van der Waals surface area contributed by atoms with Crippen LogP contribution in [0.2, 0.25) is 0 Å². The summed E-state index contributed by atoms with van der Waals surface area (Å²) in [4.78, 5) is 3.38. The van der Waals surface area contributed by atoms with Crippen LogP contribution in [0.1, 0.15) is 45.6 Å². The average molecular weight is 262 g/mol. The van der Waals surface area contributed by atoms with Gasteiger partial charge in [-0.1, -0.05) is 32.9 Å². The Balaban J connectivity index is 2.82. The molecule has 0 saturated carbocycles. The lowest BCUT2D eigenvalue weighted by Gasteiger charge is -2.33. The van der Waals surface area contributed by atoms with Gasteiger partial charge in [-0.2, -0.15) is 0 Å². The fraction of sp³-hybridized carbons (Fsp3) is 0.533. The summed E-state index contributed by atoms with van der Waals surface area (Å²) >= 11 is 5.57. The van der Waals surface area contributed by atoms with Crippen molar-refractivity contribution in [3.8, 4) is 0 Å². The number of nitrogens with zero attached hydrogens (tertiary/aromatic N) is 1. The third-order valence-electron chi connectivity index (χ3n) is 4.38. The molecule has 2 aromatic rings. The van der Waals surface area contributed by atoms with Gasteiger partial charge in [-0.25, -0.2) is 0 Å². The van der Waals surface area contributed by atoms with Gasteiger partial charge in [0.25, 0.3) is 0 Å². The maximum absolute atomic E-state index is 5.57. The van der Waals surface area contributed by atoms with E-state index in [1.54, 1.807) is 0 Å². The Morgan fingerprint density at radius 2 is 1.78 bits per heavy atom. The van der Waals surface area contributed by atoms with E-state index in [0.29, 0.717) is 0 Å². The summed E-state index contributed by atoms with van der Waals surface area (Å²) in [6.45, 7) is 8.89. The van der Waals surface area contributed by atoms with Gasteiger partial charge in [0, 0.05) is 5.54 Å².